The highest BCUT2D eigenvalue weighted by molar-refractivity contribution is 9.10. The van der Waals surface area contributed by atoms with Gasteiger partial charge in [-0.05, 0) is 30.7 Å². The van der Waals surface area contributed by atoms with Crippen molar-refractivity contribution in [3.63, 3.8) is 0 Å². The summed E-state index contributed by atoms with van der Waals surface area (Å²) in [5.41, 5.74) is 2.13. The minimum atomic E-state index is -0.325. The largest absolute Gasteiger partial charge is 0.292 e. The molecule has 0 aliphatic heterocycles. The van der Waals surface area contributed by atoms with E-state index in [2.05, 4.69) is 21.0 Å². The number of Topliss-reactive ketones (excluding diaryl/α,β-unsaturated/α-hetero) is 1. The number of benzene rings is 1. The van der Waals surface area contributed by atoms with Gasteiger partial charge >= 0.3 is 0 Å². The van der Waals surface area contributed by atoms with Crippen LogP contribution in [0.25, 0.3) is 0 Å². The molecule has 0 radical (unpaired) electrons. The fraction of sp³-hybridized carbons (Fsp3) is 0.231. The monoisotopic (exact) mass is 310 g/mol. The molecule has 94 valence electrons. The third-order valence-electron chi connectivity index (χ3n) is 2.65. The molecular formula is C13H12BrFN2O. The Kier molecular flexibility index (Phi) is 3.61. The number of aryl methyl sites for hydroxylation is 2. The Bertz CT molecular complexity index is 607. The molecule has 5 heteroatoms. The highest BCUT2D eigenvalue weighted by Crippen LogP contribution is 2.20. The maximum atomic E-state index is 12.9. The number of hydrogen-bond acceptors (Lipinski definition) is 2. The first-order valence-corrected chi connectivity index (χ1v) is 6.24. The molecule has 1 heterocycles. The molecule has 0 fully saturated rings. The summed E-state index contributed by atoms with van der Waals surface area (Å²) < 4.78 is 15.1. The molecule has 0 amide bonds. The lowest BCUT2D eigenvalue weighted by molar-refractivity contribution is 0.0984. The van der Waals surface area contributed by atoms with Crippen molar-refractivity contribution in [1.82, 2.24) is 9.78 Å². The average Bonchev–Trinajstić information content (AvgIpc) is 2.62. The fourth-order valence-corrected chi connectivity index (χ4v) is 2.29. The van der Waals surface area contributed by atoms with Crippen molar-refractivity contribution >= 4 is 21.7 Å². The van der Waals surface area contributed by atoms with Gasteiger partial charge in [0, 0.05) is 17.9 Å². The quantitative estimate of drug-likeness (QED) is 0.817. The van der Waals surface area contributed by atoms with Crippen LogP contribution in [0, 0.1) is 12.7 Å². The van der Waals surface area contributed by atoms with Gasteiger partial charge in [0.15, 0.2) is 5.78 Å². The predicted octanol–water partition coefficient (Wildman–Crippen LogP) is 3.06. The van der Waals surface area contributed by atoms with E-state index in [1.807, 2.05) is 6.92 Å². The van der Waals surface area contributed by atoms with E-state index in [1.54, 1.807) is 23.9 Å². The summed E-state index contributed by atoms with van der Waals surface area (Å²) in [7, 11) is 1.74. The van der Waals surface area contributed by atoms with Gasteiger partial charge in [0.1, 0.15) is 11.5 Å². The summed E-state index contributed by atoms with van der Waals surface area (Å²) in [5, 5.41) is 4.13. The highest BCUT2D eigenvalue weighted by Gasteiger charge is 2.14. The summed E-state index contributed by atoms with van der Waals surface area (Å²) >= 11 is 3.26. The van der Waals surface area contributed by atoms with E-state index in [9.17, 15) is 9.18 Å². The average molecular weight is 311 g/mol. The molecule has 0 N–H and O–H groups in total. The second-order valence-corrected chi connectivity index (χ2v) is 4.98. The van der Waals surface area contributed by atoms with Crippen molar-refractivity contribution in [2.45, 2.75) is 13.3 Å². The molecule has 18 heavy (non-hydrogen) atoms. The van der Waals surface area contributed by atoms with Crippen molar-refractivity contribution in [3.05, 3.63) is 51.5 Å². The van der Waals surface area contributed by atoms with Crippen molar-refractivity contribution in [3.8, 4) is 0 Å². The van der Waals surface area contributed by atoms with Gasteiger partial charge in [-0.2, -0.15) is 5.10 Å². The van der Waals surface area contributed by atoms with Crippen LogP contribution in [0.15, 0.2) is 28.7 Å². The maximum absolute atomic E-state index is 12.9. The summed E-state index contributed by atoms with van der Waals surface area (Å²) in [6.07, 6.45) is 0.222. The second kappa shape index (κ2) is 5.02. The minimum absolute atomic E-state index is 0.0367. The van der Waals surface area contributed by atoms with Crippen LogP contribution in [0.3, 0.4) is 0 Å². The van der Waals surface area contributed by atoms with Crippen LogP contribution in [0.2, 0.25) is 0 Å². The van der Waals surface area contributed by atoms with Crippen LogP contribution in [0.1, 0.15) is 21.7 Å². The summed E-state index contributed by atoms with van der Waals surface area (Å²) in [6.45, 7) is 1.84. The summed E-state index contributed by atoms with van der Waals surface area (Å²) in [6, 6.07) is 6.07. The Hall–Kier alpha value is -1.49. The standard InChI is InChI=1S/C13H12BrFN2O/c1-8-5-12(17(2)16-8)13(18)6-9-3-4-10(15)7-11(9)14/h3-5,7H,6H2,1-2H3. The molecule has 0 saturated carbocycles. The van der Waals surface area contributed by atoms with Gasteiger partial charge in [-0.25, -0.2) is 4.39 Å². The Morgan fingerprint density at radius 2 is 2.17 bits per heavy atom. The topological polar surface area (TPSA) is 34.9 Å². The molecule has 0 atom stereocenters. The van der Waals surface area contributed by atoms with Crippen LogP contribution < -0.4 is 0 Å². The number of rotatable bonds is 3. The zero-order chi connectivity index (χ0) is 13.3. The first-order chi connectivity index (χ1) is 8.47. The van der Waals surface area contributed by atoms with E-state index in [0.29, 0.717) is 10.2 Å². The first kappa shape index (κ1) is 13.0. The van der Waals surface area contributed by atoms with Crippen LogP contribution in [0.4, 0.5) is 4.39 Å². The van der Waals surface area contributed by atoms with E-state index in [0.717, 1.165) is 11.3 Å². The predicted molar refractivity (Wildman–Crippen MR) is 70.1 cm³/mol. The number of ketones is 1. The molecule has 1 aromatic carbocycles. The van der Waals surface area contributed by atoms with Crippen molar-refractivity contribution in [2.24, 2.45) is 7.05 Å². The van der Waals surface area contributed by atoms with E-state index in [1.165, 1.54) is 12.1 Å². The normalized spacial score (nSPS) is 10.7. The fourth-order valence-electron chi connectivity index (χ4n) is 1.80. The Balaban J connectivity index is 2.24. The Morgan fingerprint density at radius 3 is 2.72 bits per heavy atom. The highest BCUT2D eigenvalue weighted by atomic mass is 79.9. The first-order valence-electron chi connectivity index (χ1n) is 5.45. The van der Waals surface area contributed by atoms with E-state index in [4.69, 9.17) is 0 Å². The third-order valence-corrected chi connectivity index (χ3v) is 3.39. The summed E-state index contributed by atoms with van der Waals surface area (Å²) in [4.78, 5) is 12.1. The van der Waals surface area contributed by atoms with E-state index < -0.39 is 0 Å². The maximum Gasteiger partial charge on any atom is 0.185 e. The van der Waals surface area contributed by atoms with Gasteiger partial charge < -0.3 is 0 Å². The lowest BCUT2D eigenvalue weighted by atomic mass is 10.1. The van der Waals surface area contributed by atoms with Gasteiger partial charge in [-0.1, -0.05) is 22.0 Å². The molecule has 0 spiro atoms. The molecule has 3 nitrogen and oxygen atoms in total. The van der Waals surface area contributed by atoms with Gasteiger partial charge in [-0.15, -0.1) is 0 Å². The SMILES string of the molecule is Cc1cc(C(=O)Cc2ccc(F)cc2Br)n(C)n1. The molecule has 0 saturated heterocycles. The van der Waals surface area contributed by atoms with E-state index in [-0.39, 0.29) is 18.0 Å². The molecule has 0 aliphatic carbocycles. The van der Waals surface area contributed by atoms with E-state index >= 15 is 0 Å². The molecule has 2 aromatic rings. The summed E-state index contributed by atoms with van der Waals surface area (Å²) in [5.74, 6) is -0.361. The zero-order valence-corrected chi connectivity index (χ0v) is 11.7. The smallest absolute Gasteiger partial charge is 0.185 e. The third kappa shape index (κ3) is 2.67. The van der Waals surface area contributed by atoms with Gasteiger partial charge in [-0.3, -0.25) is 9.48 Å². The number of halogens is 2. The molecule has 0 unspecified atom stereocenters. The van der Waals surface area contributed by atoms with Crippen LogP contribution in [0.5, 0.6) is 0 Å². The second-order valence-electron chi connectivity index (χ2n) is 4.13. The number of carbonyl (C=O) groups excluding carboxylic acids is 1. The number of nitrogens with zero attached hydrogens (tertiary/aromatic N) is 2. The molecule has 0 bridgehead atoms. The van der Waals surface area contributed by atoms with Crippen LogP contribution in [-0.4, -0.2) is 15.6 Å². The van der Waals surface area contributed by atoms with Gasteiger partial charge in [0.05, 0.1) is 5.69 Å². The zero-order valence-electron chi connectivity index (χ0n) is 10.1. The lowest BCUT2D eigenvalue weighted by Gasteiger charge is -2.04. The Labute approximate surface area is 113 Å². The number of hydrogen-bond donors (Lipinski definition) is 0. The molecule has 0 aliphatic rings. The minimum Gasteiger partial charge on any atom is -0.292 e. The van der Waals surface area contributed by atoms with Crippen molar-refractivity contribution in [2.75, 3.05) is 0 Å². The van der Waals surface area contributed by atoms with Crippen molar-refractivity contribution in [1.29, 1.82) is 0 Å². The van der Waals surface area contributed by atoms with Crippen molar-refractivity contribution < 1.29 is 9.18 Å². The lowest BCUT2D eigenvalue weighted by Crippen LogP contribution is -2.10. The number of aromatic nitrogens is 2. The molecular weight excluding hydrogens is 299 g/mol. The molecule has 2 rings (SSSR count). The van der Waals surface area contributed by atoms with Crippen LogP contribution in [-0.2, 0) is 13.5 Å². The van der Waals surface area contributed by atoms with Crippen LogP contribution >= 0.6 is 15.9 Å². The Morgan fingerprint density at radius 1 is 1.44 bits per heavy atom. The van der Waals surface area contributed by atoms with Gasteiger partial charge in [0.2, 0.25) is 0 Å². The van der Waals surface area contributed by atoms with Gasteiger partial charge in [0.25, 0.3) is 0 Å². The number of carbonyl (C=O) groups is 1. The molecule has 1 aromatic heterocycles.